The molecule has 2 rings (SSSR count). The smallest absolute Gasteiger partial charge is 0.162 e. The second-order valence-electron chi connectivity index (χ2n) is 3.78. The number of benzene rings is 1. The Morgan fingerprint density at radius 3 is 2.74 bits per heavy atom. The van der Waals surface area contributed by atoms with Crippen molar-refractivity contribution in [1.29, 1.82) is 0 Å². The summed E-state index contributed by atoms with van der Waals surface area (Å²) in [4.78, 5) is 8.39. The van der Waals surface area contributed by atoms with Gasteiger partial charge in [-0.15, -0.1) is 0 Å². The first-order chi connectivity index (χ1) is 9.01. The zero-order chi connectivity index (χ0) is 14.0. The fourth-order valence-electron chi connectivity index (χ4n) is 1.56. The van der Waals surface area contributed by atoms with E-state index in [1.54, 1.807) is 13.2 Å². The number of nitrogens with zero attached hydrogens (tertiary/aromatic N) is 2. The summed E-state index contributed by atoms with van der Waals surface area (Å²) in [6, 6.07) is 4.08. The van der Waals surface area contributed by atoms with Crippen molar-refractivity contribution >= 4 is 33.3 Å². The SMILES string of the molecule is COCc1nc(-c2cc(F)cc(Cl)c2)nc(N)c1Br. The second-order valence-corrected chi connectivity index (χ2v) is 5.01. The molecule has 0 spiro atoms. The van der Waals surface area contributed by atoms with Gasteiger partial charge in [-0.2, -0.15) is 0 Å². The highest BCUT2D eigenvalue weighted by Crippen LogP contribution is 2.27. The van der Waals surface area contributed by atoms with Crippen LogP contribution in [-0.2, 0) is 11.3 Å². The minimum absolute atomic E-state index is 0.262. The molecule has 0 saturated heterocycles. The van der Waals surface area contributed by atoms with Gasteiger partial charge in [-0.1, -0.05) is 11.6 Å². The summed E-state index contributed by atoms with van der Waals surface area (Å²) < 4.78 is 18.9. The van der Waals surface area contributed by atoms with Crippen LogP contribution in [0.1, 0.15) is 5.69 Å². The molecule has 0 unspecified atom stereocenters. The highest BCUT2D eigenvalue weighted by Gasteiger charge is 2.12. The molecule has 0 radical (unpaired) electrons. The third-order valence-corrected chi connectivity index (χ3v) is 3.43. The van der Waals surface area contributed by atoms with Gasteiger partial charge in [0.25, 0.3) is 0 Å². The zero-order valence-electron chi connectivity index (χ0n) is 9.95. The summed E-state index contributed by atoms with van der Waals surface area (Å²) >= 11 is 9.10. The van der Waals surface area contributed by atoms with Crippen LogP contribution < -0.4 is 5.73 Å². The van der Waals surface area contributed by atoms with Gasteiger partial charge >= 0.3 is 0 Å². The summed E-state index contributed by atoms with van der Waals surface area (Å²) in [7, 11) is 1.55. The Bertz CT molecular complexity index is 604. The van der Waals surface area contributed by atoms with Gasteiger partial charge < -0.3 is 10.5 Å². The molecule has 0 aliphatic rings. The Hall–Kier alpha value is -1.24. The standard InChI is InChI=1S/C12H10BrClFN3O/c1-19-5-9-10(13)11(16)18-12(17-9)6-2-7(14)4-8(15)3-6/h2-4H,5H2,1H3,(H2,16,17,18). The Labute approximate surface area is 122 Å². The third-order valence-electron chi connectivity index (χ3n) is 2.35. The van der Waals surface area contributed by atoms with E-state index >= 15 is 0 Å². The van der Waals surface area contributed by atoms with Crippen molar-refractivity contribution in [2.45, 2.75) is 6.61 Å². The first-order valence-electron chi connectivity index (χ1n) is 5.28. The van der Waals surface area contributed by atoms with Crippen molar-refractivity contribution < 1.29 is 9.13 Å². The molecule has 0 bridgehead atoms. The van der Waals surface area contributed by atoms with Crippen LogP contribution in [0, 0.1) is 5.82 Å². The van der Waals surface area contributed by atoms with E-state index in [1.165, 1.54) is 12.1 Å². The van der Waals surface area contributed by atoms with Crippen LogP contribution in [0.4, 0.5) is 10.2 Å². The first kappa shape index (κ1) is 14.2. The van der Waals surface area contributed by atoms with Crippen LogP contribution >= 0.6 is 27.5 Å². The van der Waals surface area contributed by atoms with Crippen LogP contribution in [0.25, 0.3) is 11.4 Å². The number of rotatable bonds is 3. The van der Waals surface area contributed by atoms with Gasteiger partial charge in [0, 0.05) is 17.7 Å². The van der Waals surface area contributed by atoms with E-state index in [0.29, 0.717) is 21.6 Å². The maximum absolute atomic E-state index is 13.3. The van der Waals surface area contributed by atoms with E-state index in [0.717, 1.165) is 0 Å². The number of anilines is 1. The highest BCUT2D eigenvalue weighted by molar-refractivity contribution is 9.10. The molecule has 100 valence electrons. The quantitative estimate of drug-likeness (QED) is 0.925. The van der Waals surface area contributed by atoms with E-state index in [9.17, 15) is 4.39 Å². The van der Waals surface area contributed by atoms with Crippen LogP contribution in [0.5, 0.6) is 0 Å². The molecule has 19 heavy (non-hydrogen) atoms. The predicted molar refractivity (Wildman–Crippen MR) is 75.3 cm³/mol. The fraction of sp³-hybridized carbons (Fsp3) is 0.167. The summed E-state index contributed by atoms with van der Waals surface area (Å²) in [5, 5.41) is 0.272. The molecule has 0 amide bonds. The average molecular weight is 347 g/mol. The van der Waals surface area contributed by atoms with Crippen LogP contribution in [0.3, 0.4) is 0 Å². The first-order valence-corrected chi connectivity index (χ1v) is 6.45. The monoisotopic (exact) mass is 345 g/mol. The normalized spacial score (nSPS) is 10.7. The molecule has 1 aromatic carbocycles. The van der Waals surface area contributed by atoms with Crippen molar-refractivity contribution in [2.75, 3.05) is 12.8 Å². The summed E-state index contributed by atoms with van der Waals surface area (Å²) in [6.07, 6.45) is 0. The number of halogens is 3. The van der Waals surface area contributed by atoms with Crippen molar-refractivity contribution in [2.24, 2.45) is 0 Å². The lowest BCUT2D eigenvalue weighted by Gasteiger charge is -2.08. The van der Waals surface area contributed by atoms with Gasteiger partial charge in [0.15, 0.2) is 5.82 Å². The van der Waals surface area contributed by atoms with E-state index in [4.69, 9.17) is 22.1 Å². The summed E-state index contributed by atoms with van der Waals surface area (Å²) in [6.45, 7) is 0.267. The van der Waals surface area contributed by atoms with Gasteiger partial charge in [0.2, 0.25) is 0 Å². The Morgan fingerprint density at radius 2 is 2.11 bits per heavy atom. The molecule has 0 aliphatic heterocycles. The third kappa shape index (κ3) is 3.20. The summed E-state index contributed by atoms with van der Waals surface area (Å²) in [5.41, 5.74) is 6.83. The van der Waals surface area contributed by atoms with Gasteiger partial charge in [0.05, 0.1) is 16.8 Å². The molecule has 0 aliphatic carbocycles. The van der Waals surface area contributed by atoms with Gasteiger partial charge in [-0.05, 0) is 34.1 Å². The van der Waals surface area contributed by atoms with Crippen molar-refractivity contribution in [3.63, 3.8) is 0 Å². The molecular formula is C12H10BrClFN3O. The molecule has 0 saturated carbocycles. The average Bonchev–Trinajstić information content (AvgIpc) is 2.33. The molecule has 0 fully saturated rings. The number of aromatic nitrogens is 2. The van der Waals surface area contributed by atoms with E-state index in [2.05, 4.69) is 25.9 Å². The number of hydrogen-bond acceptors (Lipinski definition) is 4. The molecule has 2 aromatic rings. The lowest BCUT2D eigenvalue weighted by Crippen LogP contribution is -2.04. The van der Waals surface area contributed by atoms with Gasteiger partial charge in [-0.25, -0.2) is 14.4 Å². The van der Waals surface area contributed by atoms with Crippen LogP contribution in [0.2, 0.25) is 5.02 Å². The molecule has 0 atom stereocenters. The Balaban J connectivity index is 2.55. The van der Waals surface area contributed by atoms with Crippen molar-refractivity contribution in [1.82, 2.24) is 9.97 Å². The largest absolute Gasteiger partial charge is 0.383 e. The Morgan fingerprint density at radius 1 is 1.37 bits per heavy atom. The number of ether oxygens (including phenoxy) is 1. The predicted octanol–water partition coefficient (Wildman–Crippen LogP) is 3.43. The van der Waals surface area contributed by atoms with Crippen LogP contribution in [0.15, 0.2) is 22.7 Å². The van der Waals surface area contributed by atoms with E-state index in [1.807, 2.05) is 0 Å². The van der Waals surface area contributed by atoms with Gasteiger partial charge in [0.1, 0.15) is 11.6 Å². The highest BCUT2D eigenvalue weighted by atomic mass is 79.9. The number of methoxy groups -OCH3 is 1. The lowest BCUT2D eigenvalue weighted by molar-refractivity contribution is 0.181. The minimum atomic E-state index is -0.458. The lowest BCUT2D eigenvalue weighted by atomic mass is 10.2. The molecule has 2 N–H and O–H groups in total. The molecule has 4 nitrogen and oxygen atoms in total. The molecule has 7 heteroatoms. The topological polar surface area (TPSA) is 61.0 Å². The maximum Gasteiger partial charge on any atom is 0.162 e. The number of nitrogen functional groups attached to an aromatic ring is 1. The minimum Gasteiger partial charge on any atom is -0.383 e. The molecule has 1 heterocycles. The van der Waals surface area contributed by atoms with E-state index < -0.39 is 5.82 Å². The number of hydrogen-bond donors (Lipinski definition) is 1. The molecule has 1 aromatic heterocycles. The van der Waals surface area contributed by atoms with E-state index in [-0.39, 0.29) is 17.4 Å². The zero-order valence-corrected chi connectivity index (χ0v) is 12.3. The number of nitrogens with two attached hydrogens (primary N) is 1. The fourth-order valence-corrected chi connectivity index (χ4v) is 2.07. The van der Waals surface area contributed by atoms with Gasteiger partial charge in [-0.3, -0.25) is 0 Å². The molecular weight excluding hydrogens is 337 g/mol. The van der Waals surface area contributed by atoms with Crippen LogP contribution in [-0.4, -0.2) is 17.1 Å². The van der Waals surface area contributed by atoms with Crippen molar-refractivity contribution in [3.8, 4) is 11.4 Å². The second kappa shape index (κ2) is 5.81. The van der Waals surface area contributed by atoms with Crippen molar-refractivity contribution in [3.05, 3.63) is 39.2 Å². The maximum atomic E-state index is 13.3. The Kier molecular flexibility index (Phi) is 4.34. The summed E-state index contributed by atoms with van der Waals surface area (Å²) in [5.74, 6) is 0.104.